The van der Waals surface area contributed by atoms with Crippen molar-refractivity contribution in [3.63, 3.8) is 0 Å². The number of benzene rings is 1. The van der Waals surface area contributed by atoms with Crippen LogP contribution in [0.1, 0.15) is 34.5 Å². The van der Waals surface area contributed by atoms with Crippen molar-refractivity contribution in [3.05, 3.63) is 86.7 Å². The van der Waals surface area contributed by atoms with Crippen molar-refractivity contribution in [2.75, 3.05) is 13.1 Å². The second kappa shape index (κ2) is 9.96. The Labute approximate surface area is 206 Å². The molecule has 4 rings (SSSR count). The Bertz CT molecular complexity index is 1200. The fourth-order valence-electron chi connectivity index (χ4n) is 4.05. The number of likely N-dealkylation sites (tertiary alicyclic amines) is 1. The lowest BCUT2D eigenvalue weighted by molar-refractivity contribution is 0.0769. The number of halogens is 3. The molecule has 0 radical (unpaired) electrons. The van der Waals surface area contributed by atoms with Crippen LogP contribution in [0.3, 0.4) is 0 Å². The smallest absolute Gasteiger partial charge is 0.255 e. The number of ether oxygens (including phenoxy) is 1. The standard InChI is InChI=1S/C24H19Cl3N4O2/c1-14(33-23-7-4-17(25)11-30-23)19-12-31(24(32)16-2-5-18(9-28)29-10-16)13-20(19)15-3-6-21(26)22(27)8-15/h2-8,10-11,14,19-20H,12-13H2,1H3/t14-,19+,20-/m1/s1. The topological polar surface area (TPSA) is 79.1 Å². The van der Waals surface area contributed by atoms with Crippen LogP contribution in [0.5, 0.6) is 5.88 Å². The van der Waals surface area contributed by atoms with Gasteiger partial charge in [-0.1, -0.05) is 40.9 Å². The van der Waals surface area contributed by atoms with Gasteiger partial charge in [-0.15, -0.1) is 0 Å². The number of pyridine rings is 2. The zero-order valence-electron chi connectivity index (χ0n) is 17.6. The molecule has 0 N–H and O–H groups in total. The van der Waals surface area contributed by atoms with E-state index in [2.05, 4.69) is 9.97 Å². The molecule has 3 heterocycles. The molecule has 3 aromatic rings. The summed E-state index contributed by atoms with van der Waals surface area (Å²) in [4.78, 5) is 23.2. The number of aromatic nitrogens is 2. The van der Waals surface area contributed by atoms with E-state index in [0.29, 0.717) is 39.6 Å². The first-order chi connectivity index (χ1) is 15.9. The van der Waals surface area contributed by atoms with E-state index < -0.39 is 0 Å². The number of rotatable bonds is 5. The van der Waals surface area contributed by atoms with Crippen LogP contribution in [0, 0.1) is 17.2 Å². The van der Waals surface area contributed by atoms with Gasteiger partial charge in [-0.05, 0) is 42.8 Å². The van der Waals surface area contributed by atoms with E-state index in [0.717, 1.165) is 5.56 Å². The third-order valence-electron chi connectivity index (χ3n) is 5.76. The van der Waals surface area contributed by atoms with Gasteiger partial charge >= 0.3 is 0 Å². The molecule has 0 aliphatic carbocycles. The van der Waals surface area contributed by atoms with Crippen molar-refractivity contribution in [2.24, 2.45) is 5.92 Å². The average Bonchev–Trinajstić information content (AvgIpc) is 3.27. The highest BCUT2D eigenvalue weighted by Crippen LogP contribution is 2.38. The van der Waals surface area contributed by atoms with Crippen LogP contribution < -0.4 is 4.74 Å². The van der Waals surface area contributed by atoms with E-state index in [4.69, 9.17) is 44.8 Å². The summed E-state index contributed by atoms with van der Waals surface area (Å²) in [5.41, 5.74) is 1.66. The van der Waals surface area contributed by atoms with Gasteiger partial charge in [-0.3, -0.25) is 4.79 Å². The van der Waals surface area contributed by atoms with Gasteiger partial charge in [0.1, 0.15) is 17.9 Å². The largest absolute Gasteiger partial charge is 0.474 e. The summed E-state index contributed by atoms with van der Waals surface area (Å²) in [5, 5.41) is 10.4. The zero-order valence-corrected chi connectivity index (χ0v) is 19.8. The minimum atomic E-state index is -0.255. The molecule has 0 spiro atoms. The maximum absolute atomic E-state index is 13.2. The normalized spacial score (nSPS) is 18.6. The Morgan fingerprint density at radius 3 is 2.55 bits per heavy atom. The maximum atomic E-state index is 13.2. The summed E-state index contributed by atoms with van der Waals surface area (Å²) in [7, 11) is 0. The van der Waals surface area contributed by atoms with Crippen molar-refractivity contribution < 1.29 is 9.53 Å². The van der Waals surface area contributed by atoms with Gasteiger partial charge in [0.25, 0.3) is 5.91 Å². The molecule has 1 aliphatic rings. The van der Waals surface area contributed by atoms with E-state index in [1.165, 1.54) is 18.5 Å². The van der Waals surface area contributed by atoms with Crippen LogP contribution in [-0.2, 0) is 0 Å². The maximum Gasteiger partial charge on any atom is 0.255 e. The minimum Gasteiger partial charge on any atom is -0.474 e. The first-order valence-electron chi connectivity index (χ1n) is 10.2. The van der Waals surface area contributed by atoms with Gasteiger partial charge in [-0.25, -0.2) is 9.97 Å². The van der Waals surface area contributed by atoms with Crippen LogP contribution in [0.4, 0.5) is 0 Å². The van der Waals surface area contributed by atoms with Crippen LogP contribution in [0.2, 0.25) is 15.1 Å². The van der Waals surface area contributed by atoms with Crippen molar-refractivity contribution >= 4 is 40.7 Å². The Hall–Kier alpha value is -2.85. The van der Waals surface area contributed by atoms with Gasteiger partial charge < -0.3 is 9.64 Å². The molecule has 1 aliphatic heterocycles. The number of nitrogens with zero attached hydrogens (tertiary/aromatic N) is 4. The lowest BCUT2D eigenvalue weighted by Crippen LogP contribution is -2.32. The highest BCUT2D eigenvalue weighted by molar-refractivity contribution is 6.42. The Kier molecular flexibility index (Phi) is 7.04. The third kappa shape index (κ3) is 5.22. The molecule has 0 unspecified atom stereocenters. The monoisotopic (exact) mass is 500 g/mol. The molecule has 1 aromatic carbocycles. The average molecular weight is 502 g/mol. The Morgan fingerprint density at radius 2 is 1.91 bits per heavy atom. The predicted molar refractivity (Wildman–Crippen MR) is 127 cm³/mol. The molecule has 1 amide bonds. The molecule has 6 nitrogen and oxygen atoms in total. The number of hydrogen-bond acceptors (Lipinski definition) is 5. The molecule has 1 saturated heterocycles. The molecule has 3 atom stereocenters. The van der Waals surface area contributed by atoms with Crippen molar-refractivity contribution in [2.45, 2.75) is 18.9 Å². The SMILES string of the molecule is C[C@@H](Oc1ccc(Cl)cn1)[C@@H]1CN(C(=O)c2ccc(C#N)nc2)C[C@@H]1c1ccc(Cl)c(Cl)c1. The van der Waals surface area contributed by atoms with E-state index >= 15 is 0 Å². The van der Waals surface area contributed by atoms with Crippen LogP contribution in [0.15, 0.2) is 54.9 Å². The fourth-order valence-corrected chi connectivity index (χ4v) is 4.46. The predicted octanol–water partition coefficient (Wildman–Crippen LogP) is 5.63. The molecule has 33 heavy (non-hydrogen) atoms. The van der Waals surface area contributed by atoms with Crippen molar-refractivity contribution in [3.8, 4) is 11.9 Å². The summed E-state index contributed by atoms with van der Waals surface area (Å²) in [6.45, 7) is 2.91. The second-order valence-corrected chi connectivity index (χ2v) is 9.09. The molecule has 2 aromatic heterocycles. The van der Waals surface area contributed by atoms with E-state index in [-0.39, 0.29) is 29.5 Å². The highest BCUT2D eigenvalue weighted by atomic mass is 35.5. The molecule has 0 bridgehead atoms. The molecule has 9 heteroatoms. The fraction of sp³-hybridized carbons (Fsp3) is 0.250. The van der Waals surface area contributed by atoms with Gasteiger partial charge in [-0.2, -0.15) is 5.26 Å². The van der Waals surface area contributed by atoms with Gasteiger partial charge in [0.15, 0.2) is 0 Å². The Morgan fingerprint density at radius 1 is 1.09 bits per heavy atom. The van der Waals surface area contributed by atoms with Crippen LogP contribution in [-0.4, -0.2) is 40.0 Å². The lowest BCUT2D eigenvalue weighted by Gasteiger charge is -2.25. The summed E-state index contributed by atoms with van der Waals surface area (Å²) in [6, 6.07) is 14.1. The first-order valence-corrected chi connectivity index (χ1v) is 11.4. The van der Waals surface area contributed by atoms with E-state index in [9.17, 15) is 4.79 Å². The van der Waals surface area contributed by atoms with Crippen molar-refractivity contribution in [1.82, 2.24) is 14.9 Å². The minimum absolute atomic E-state index is 0.0302. The van der Waals surface area contributed by atoms with Crippen molar-refractivity contribution in [1.29, 1.82) is 5.26 Å². The number of amides is 1. The molecule has 0 saturated carbocycles. The van der Waals surface area contributed by atoms with Gasteiger partial charge in [0, 0.05) is 43.4 Å². The summed E-state index contributed by atoms with van der Waals surface area (Å²) < 4.78 is 6.11. The number of hydrogen-bond donors (Lipinski definition) is 0. The van der Waals surface area contributed by atoms with E-state index in [1.54, 1.807) is 29.2 Å². The number of carbonyl (C=O) groups excluding carboxylic acids is 1. The first kappa shape index (κ1) is 23.3. The summed E-state index contributed by atoms with van der Waals surface area (Å²) in [5.74, 6) is 0.240. The number of nitriles is 1. The third-order valence-corrected chi connectivity index (χ3v) is 6.72. The molecular formula is C24H19Cl3N4O2. The van der Waals surface area contributed by atoms with Gasteiger partial charge in [0.2, 0.25) is 5.88 Å². The second-order valence-electron chi connectivity index (χ2n) is 7.84. The Balaban J connectivity index is 1.60. The highest BCUT2D eigenvalue weighted by Gasteiger charge is 2.40. The van der Waals surface area contributed by atoms with Gasteiger partial charge in [0.05, 0.1) is 20.6 Å². The number of carbonyl (C=O) groups is 1. The zero-order chi connectivity index (χ0) is 23.5. The van der Waals surface area contributed by atoms with Crippen LogP contribution in [0.25, 0.3) is 0 Å². The summed E-state index contributed by atoms with van der Waals surface area (Å²) in [6.07, 6.45) is 2.71. The van der Waals surface area contributed by atoms with E-state index in [1.807, 2.05) is 25.1 Å². The quantitative estimate of drug-likeness (QED) is 0.452. The van der Waals surface area contributed by atoms with Crippen LogP contribution >= 0.6 is 34.8 Å². The molecule has 168 valence electrons. The molecule has 1 fully saturated rings. The lowest BCUT2D eigenvalue weighted by atomic mass is 9.86. The summed E-state index contributed by atoms with van der Waals surface area (Å²) >= 11 is 18.3. The molecular weight excluding hydrogens is 483 g/mol.